The number of hydrogen-bond acceptors (Lipinski definition) is 4. The normalized spacial score (nSPS) is 17.6. The number of carbonyl (C=O) groups excluding carboxylic acids is 1. The second kappa shape index (κ2) is 7.52. The van der Waals surface area contributed by atoms with Crippen LogP contribution >= 0.6 is 11.6 Å². The van der Waals surface area contributed by atoms with Gasteiger partial charge in [0.1, 0.15) is 0 Å². The third kappa shape index (κ3) is 4.02. The Bertz CT molecular complexity index is 501. The van der Waals surface area contributed by atoms with Crippen LogP contribution in [-0.4, -0.2) is 38.9 Å². The van der Waals surface area contributed by atoms with E-state index in [1.165, 1.54) is 7.11 Å². The van der Waals surface area contributed by atoms with E-state index in [1.54, 1.807) is 12.1 Å². The molecule has 5 nitrogen and oxygen atoms in total. The highest BCUT2D eigenvalue weighted by Gasteiger charge is 2.19. The standard InChI is InChI=1S/C15H20ClNO4/c1-3-20-14-12(16)7-10(8-13(14)19-2)15(18)17-9-11-5-4-6-21-11/h7-8,11H,3-6,9H2,1-2H3,(H,17,18)/t11-/m0/s1. The molecule has 1 amide bonds. The van der Waals surface area contributed by atoms with Gasteiger partial charge in [-0.3, -0.25) is 4.79 Å². The molecule has 1 atom stereocenters. The molecule has 0 aromatic heterocycles. The molecule has 1 aromatic rings. The Labute approximate surface area is 129 Å². The van der Waals surface area contributed by atoms with Crippen LogP contribution in [0.2, 0.25) is 5.02 Å². The predicted molar refractivity (Wildman–Crippen MR) is 80.5 cm³/mol. The molecule has 1 aliphatic rings. The van der Waals surface area contributed by atoms with Crippen molar-refractivity contribution >= 4 is 17.5 Å². The van der Waals surface area contributed by atoms with Gasteiger partial charge in [-0.25, -0.2) is 0 Å². The molecular weight excluding hydrogens is 294 g/mol. The minimum absolute atomic E-state index is 0.106. The third-order valence-corrected chi connectivity index (χ3v) is 3.58. The maximum atomic E-state index is 12.2. The summed E-state index contributed by atoms with van der Waals surface area (Å²) in [6.45, 7) is 3.61. The lowest BCUT2D eigenvalue weighted by Gasteiger charge is -2.14. The Kier molecular flexibility index (Phi) is 5.70. The Hall–Kier alpha value is -1.46. The van der Waals surface area contributed by atoms with Gasteiger partial charge in [-0.15, -0.1) is 0 Å². The number of methoxy groups -OCH3 is 1. The number of ether oxygens (including phenoxy) is 3. The van der Waals surface area contributed by atoms with Crippen molar-refractivity contribution in [3.05, 3.63) is 22.7 Å². The Balaban J connectivity index is 2.07. The van der Waals surface area contributed by atoms with Crippen molar-refractivity contribution in [1.82, 2.24) is 5.32 Å². The van der Waals surface area contributed by atoms with E-state index in [0.717, 1.165) is 19.4 Å². The molecule has 0 bridgehead atoms. The minimum atomic E-state index is -0.200. The lowest BCUT2D eigenvalue weighted by molar-refractivity contribution is 0.0857. The summed E-state index contributed by atoms with van der Waals surface area (Å²) in [6, 6.07) is 3.21. The van der Waals surface area contributed by atoms with Crippen LogP contribution in [0.25, 0.3) is 0 Å². The molecule has 0 aliphatic carbocycles. The second-order valence-corrected chi connectivity index (χ2v) is 5.17. The summed E-state index contributed by atoms with van der Waals surface area (Å²) in [5.41, 5.74) is 0.443. The van der Waals surface area contributed by atoms with E-state index in [1.807, 2.05) is 6.92 Å². The molecule has 116 valence electrons. The van der Waals surface area contributed by atoms with Crippen LogP contribution in [0.15, 0.2) is 12.1 Å². The van der Waals surface area contributed by atoms with E-state index in [2.05, 4.69) is 5.32 Å². The van der Waals surface area contributed by atoms with Gasteiger partial charge < -0.3 is 19.5 Å². The third-order valence-electron chi connectivity index (χ3n) is 3.29. The Morgan fingerprint density at radius 2 is 2.33 bits per heavy atom. The number of benzene rings is 1. The summed E-state index contributed by atoms with van der Waals surface area (Å²) >= 11 is 6.15. The van der Waals surface area contributed by atoms with E-state index >= 15 is 0 Å². The first kappa shape index (κ1) is 15.9. The van der Waals surface area contributed by atoms with Crippen molar-refractivity contribution in [2.45, 2.75) is 25.9 Å². The first-order chi connectivity index (χ1) is 10.2. The molecule has 0 unspecified atom stereocenters. The number of nitrogens with one attached hydrogen (secondary N) is 1. The molecule has 2 rings (SSSR count). The highest BCUT2D eigenvalue weighted by molar-refractivity contribution is 6.32. The van der Waals surface area contributed by atoms with E-state index in [0.29, 0.717) is 35.2 Å². The minimum Gasteiger partial charge on any atom is -0.493 e. The molecule has 0 spiro atoms. The van der Waals surface area contributed by atoms with Crippen LogP contribution in [0.3, 0.4) is 0 Å². The summed E-state index contributed by atoms with van der Waals surface area (Å²) in [5.74, 6) is 0.706. The fourth-order valence-corrected chi connectivity index (χ4v) is 2.51. The van der Waals surface area contributed by atoms with Gasteiger partial charge in [-0.1, -0.05) is 11.6 Å². The molecule has 1 fully saturated rings. The smallest absolute Gasteiger partial charge is 0.251 e. The predicted octanol–water partition coefficient (Wildman–Crippen LogP) is 2.66. The summed E-state index contributed by atoms with van der Waals surface area (Å²) in [7, 11) is 1.52. The van der Waals surface area contributed by atoms with E-state index in [-0.39, 0.29) is 12.0 Å². The van der Waals surface area contributed by atoms with Crippen molar-refractivity contribution in [1.29, 1.82) is 0 Å². The van der Waals surface area contributed by atoms with Crippen molar-refractivity contribution in [3.8, 4) is 11.5 Å². The number of halogens is 1. The van der Waals surface area contributed by atoms with Gasteiger partial charge in [0.2, 0.25) is 0 Å². The monoisotopic (exact) mass is 313 g/mol. The first-order valence-electron chi connectivity index (χ1n) is 7.05. The maximum absolute atomic E-state index is 12.2. The van der Waals surface area contributed by atoms with Crippen LogP contribution in [0.1, 0.15) is 30.1 Å². The van der Waals surface area contributed by atoms with Crippen LogP contribution in [0.5, 0.6) is 11.5 Å². The van der Waals surface area contributed by atoms with Crippen LogP contribution in [-0.2, 0) is 4.74 Å². The summed E-state index contributed by atoms with van der Waals surface area (Å²) in [5, 5.41) is 3.21. The largest absolute Gasteiger partial charge is 0.493 e. The maximum Gasteiger partial charge on any atom is 0.251 e. The molecule has 1 aliphatic heterocycles. The fraction of sp³-hybridized carbons (Fsp3) is 0.533. The quantitative estimate of drug-likeness (QED) is 0.877. The number of rotatable bonds is 6. The fourth-order valence-electron chi connectivity index (χ4n) is 2.25. The summed E-state index contributed by atoms with van der Waals surface area (Å²) in [4.78, 5) is 12.2. The first-order valence-corrected chi connectivity index (χ1v) is 7.43. The second-order valence-electron chi connectivity index (χ2n) is 4.77. The average molecular weight is 314 g/mol. The van der Waals surface area contributed by atoms with Gasteiger partial charge in [-0.2, -0.15) is 0 Å². The van der Waals surface area contributed by atoms with Crippen molar-refractivity contribution in [2.75, 3.05) is 26.9 Å². The van der Waals surface area contributed by atoms with Gasteiger partial charge in [0.25, 0.3) is 5.91 Å². The number of carbonyl (C=O) groups is 1. The molecule has 1 N–H and O–H groups in total. The van der Waals surface area contributed by atoms with Crippen molar-refractivity contribution in [3.63, 3.8) is 0 Å². The number of hydrogen-bond donors (Lipinski definition) is 1. The lowest BCUT2D eigenvalue weighted by atomic mass is 10.1. The molecular formula is C15H20ClNO4. The highest BCUT2D eigenvalue weighted by Crippen LogP contribution is 2.36. The molecule has 1 heterocycles. The lowest BCUT2D eigenvalue weighted by Crippen LogP contribution is -2.31. The topological polar surface area (TPSA) is 56.8 Å². The van der Waals surface area contributed by atoms with Gasteiger partial charge in [0.05, 0.1) is 24.8 Å². The Morgan fingerprint density at radius 1 is 1.52 bits per heavy atom. The molecule has 21 heavy (non-hydrogen) atoms. The molecule has 0 saturated carbocycles. The van der Waals surface area contributed by atoms with Gasteiger partial charge in [0, 0.05) is 18.7 Å². The van der Waals surface area contributed by atoms with Crippen LogP contribution in [0.4, 0.5) is 0 Å². The number of amides is 1. The van der Waals surface area contributed by atoms with Gasteiger partial charge >= 0.3 is 0 Å². The van der Waals surface area contributed by atoms with E-state index in [4.69, 9.17) is 25.8 Å². The zero-order valence-electron chi connectivity index (χ0n) is 12.3. The molecule has 0 radical (unpaired) electrons. The van der Waals surface area contributed by atoms with Crippen LogP contribution < -0.4 is 14.8 Å². The molecule has 1 saturated heterocycles. The summed E-state index contributed by atoms with van der Waals surface area (Å²) in [6.07, 6.45) is 2.13. The van der Waals surface area contributed by atoms with Crippen LogP contribution in [0, 0.1) is 0 Å². The van der Waals surface area contributed by atoms with Crippen molar-refractivity contribution in [2.24, 2.45) is 0 Å². The summed E-state index contributed by atoms with van der Waals surface area (Å²) < 4.78 is 16.1. The zero-order chi connectivity index (χ0) is 15.2. The average Bonchev–Trinajstić information content (AvgIpc) is 3.00. The van der Waals surface area contributed by atoms with Gasteiger partial charge in [0.15, 0.2) is 11.5 Å². The molecule has 1 aromatic carbocycles. The van der Waals surface area contributed by atoms with Crippen molar-refractivity contribution < 1.29 is 19.0 Å². The Morgan fingerprint density at radius 3 is 2.95 bits per heavy atom. The van der Waals surface area contributed by atoms with Gasteiger partial charge in [-0.05, 0) is 31.9 Å². The molecule has 6 heteroatoms. The highest BCUT2D eigenvalue weighted by atomic mass is 35.5. The SMILES string of the molecule is CCOc1c(Cl)cc(C(=O)NC[C@@H]2CCCO2)cc1OC. The van der Waals surface area contributed by atoms with E-state index in [9.17, 15) is 4.79 Å². The zero-order valence-corrected chi connectivity index (χ0v) is 13.0. The van der Waals surface area contributed by atoms with E-state index < -0.39 is 0 Å².